The molecule has 1 aliphatic rings. The molecule has 2 rings (SSSR count). The average Bonchev–Trinajstić information content (AvgIpc) is 3.19. The van der Waals surface area contributed by atoms with Gasteiger partial charge in [-0.15, -0.1) is 0 Å². The number of ketones is 1. The minimum absolute atomic E-state index is 0.226. The first kappa shape index (κ1) is 13.3. The smallest absolute Gasteiger partial charge is 0.252 e. The van der Waals surface area contributed by atoms with Gasteiger partial charge < -0.3 is 5.32 Å². The first-order chi connectivity index (χ1) is 9.06. The van der Waals surface area contributed by atoms with Gasteiger partial charge >= 0.3 is 0 Å². The number of rotatable bonds is 6. The Bertz CT molecular complexity index is 516. The van der Waals surface area contributed by atoms with Crippen molar-refractivity contribution in [2.75, 3.05) is 0 Å². The van der Waals surface area contributed by atoms with Crippen LogP contribution in [0.15, 0.2) is 36.2 Å². The molecule has 0 amide bonds. The number of nitrogens with one attached hydrogen (secondary N) is 1. The third-order valence-corrected chi connectivity index (χ3v) is 3.06. The molecule has 1 aliphatic carbocycles. The van der Waals surface area contributed by atoms with Gasteiger partial charge in [0, 0.05) is 18.0 Å². The maximum absolute atomic E-state index is 11.8. The highest BCUT2D eigenvalue weighted by molar-refractivity contribution is 5.99. The van der Waals surface area contributed by atoms with Crippen LogP contribution in [0.4, 0.5) is 0 Å². The molecule has 1 fully saturated rings. The fraction of sp³-hybridized carbons (Fsp3) is 0.357. The van der Waals surface area contributed by atoms with E-state index in [1.807, 2.05) is 24.3 Å². The summed E-state index contributed by atoms with van der Waals surface area (Å²) in [7, 11) is 0. The minimum Gasteiger partial charge on any atom is -0.380 e. The first-order valence-electron chi connectivity index (χ1n) is 6.25. The van der Waals surface area contributed by atoms with Gasteiger partial charge in [0.25, 0.3) is 6.20 Å². The second-order valence-electron chi connectivity index (χ2n) is 4.79. The lowest BCUT2D eigenvalue weighted by Gasteiger charge is -2.05. The molecule has 100 valence electrons. The van der Waals surface area contributed by atoms with Crippen molar-refractivity contribution >= 4 is 5.78 Å². The van der Waals surface area contributed by atoms with E-state index in [0.717, 1.165) is 30.2 Å². The van der Waals surface area contributed by atoms with E-state index >= 15 is 0 Å². The Hall–Kier alpha value is -2.17. The topological polar surface area (TPSA) is 72.2 Å². The van der Waals surface area contributed by atoms with Crippen molar-refractivity contribution in [2.24, 2.45) is 5.92 Å². The van der Waals surface area contributed by atoms with Crippen molar-refractivity contribution < 1.29 is 9.72 Å². The molecular weight excluding hydrogens is 244 g/mol. The lowest BCUT2D eigenvalue weighted by Crippen LogP contribution is -2.12. The fourth-order valence-corrected chi connectivity index (χ4v) is 1.81. The van der Waals surface area contributed by atoms with Crippen molar-refractivity contribution in [1.82, 2.24) is 5.32 Å². The van der Waals surface area contributed by atoms with Crippen molar-refractivity contribution in [1.29, 1.82) is 0 Å². The molecule has 1 aromatic carbocycles. The Labute approximate surface area is 111 Å². The number of hydrogen-bond acceptors (Lipinski definition) is 4. The molecule has 0 aromatic heterocycles. The second kappa shape index (κ2) is 5.65. The number of allylic oxidation sites excluding steroid dienone is 1. The summed E-state index contributed by atoms with van der Waals surface area (Å²) < 4.78 is 0. The Morgan fingerprint density at radius 3 is 2.58 bits per heavy atom. The van der Waals surface area contributed by atoms with E-state index in [9.17, 15) is 14.9 Å². The molecule has 0 bridgehead atoms. The lowest BCUT2D eigenvalue weighted by atomic mass is 10.1. The number of nitrogens with zero attached hydrogens (tertiary/aromatic N) is 1. The van der Waals surface area contributed by atoms with Crippen LogP contribution in [0.3, 0.4) is 0 Å². The van der Waals surface area contributed by atoms with Gasteiger partial charge in [0.05, 0.1) is 10.6 Å². The second-order valence-corrected chi connectivity index (χ2v) is 4.79. The predicted octanol–water partition coefficient (Wildman–Crippen LogP) is 2.51. The van der Waals surface area contributed by atoms with E-state index in [-0.39, 0.29) is 11.7 Å². The monoisotopic (exact) mass is 260 g/mol. The minimum atomic E-state index is -0.486. The number of benzene rings is 1. The molecule has 0 saturated heterocycles. The van der Waals surface area contributed by atoms with Gasteiger partial charge in [0.2, 0.25) is 0 Å². The van der Waals surface area contributed by atoms with Crippen molar-refractivity contribution in [3.8, 4) is 0 Å². The van der Waals surface area contributed by atoms with Crippen molar-refractivity contribution in [3.05, 3.63) is 57.4 Å². The molecule has 1 aromatic rings. The third kappa shape index (κ3) is 3.91. The average molecular weight is 260 g/mol. The van der Waals surface area contributed by atoms with Gasteiger partial charge in [-0.25, -0.2) is 0 Å². The summed E-state index contributed by atoms with van der Waals surface area (Å²) in [6, 6.07) is 7.40. The van der Waals surface area contributed by atoms with Crippen LogP contribution in [-0.2, 0) is 6.54 Å². The van der Waals surface area contributed by atoms with Gasteiger partial charge in [0.1, 0.15) is 0 Å². The van der Waals surface area contributed by atoms with Crippen LogP contribution in [0.1, 0.15) is 35.7 Å². The summed E-state index contributed by atoms with van der Waals surface area (Å²) >= 11 is 0. The van der Waals surface area contributed by atoms with Gasteiger partial charge in [-0.2, -0.15) is 0 Å². The SMILES string of the molecule is C/C(=C/[N+](=O)[O-])NCc1ccc(C(=O)C2CC2)cc1. The zero-order chi connectivity index (χ0) is 13.8. The van der Waals surface area contributed by atoms with E-state index in [4.69, 9.17) is 0 Å². The van der Waals surface area contributed by atoms with Crippen molar-refractivity contribution in [3.63, 3.8) is 0 Å². The summed E-state index contributed by atoms with van der Waals surface area (Å²) in [5, 5.41) is 13.2. The quantitative estimate of drug-likeness (QED) is 0.484. The van der Waals surface area contributed by atoms with E-state index in [0.29, 0.717) is 12.2 Å². The van der Waals surface area contributed by atoms with Crippen LogP contribution < -0.4 is 5.32 Å². The van der Waals surface area contributed by atoms with Gasteiger partial charge in [-0.05, 0) is 25.3 Å². The third-order valence-electron chi connectivity index (χ3n) is 3.06. The van der Waals surface area contributed by atoms with Crippen molar-refractivity contribution in [2.45, 2.75) is 26.3 Å². The Balaban J connectivity index is 1.91. The Kier molecular flexibility index (Phi) is 3.94. The van der Waals surface area contributed by atoms with Crippen LogP contribution in [-0.4, -0.2) is 10.7 Å². The van der Waals surface area contributed by atoms with Crippen LogP contribution in [0, 0.1) is 16.0 Å². The largest absolute Gasteiger partial charge is 0.380 e. The molecule has 0 aliphatic heterocycles. The zero-order valence-electron chi connectivity index (χ0n) is 10.8. The number of Topliss-reactive ketones (excluding diaryl/α,β-unsaturated/α-hetero) is 1. The van der Waals surface area contributed by atoms with Crippen LogP contribution in [0.25, 0.3) is 0 Å². The zero-order valence-corrected chi connectivity index (χ0v) is 10.8. The van der Waals surface area contributed by atoms with Crippen LogP contribution in [0.2, 0.25) is 0 Å². The summed E-state index contributed by atoms with van der Waals surface area (Å²) in [6.45, 7) is 2.15. The van der Waals surface area contributed by atoms with Gasteiger partial charge in [-0.3, -0.25) is 14.9 Å². The fourth-order valence-electron chi connectivity index (χ4n) is 1.81. The number of carbonyl (C=O) groups excluding carboxylic acids is 1. The molecular formula is C14H16N2O3. The molecule has 0 atom stereocenters. The molecule has 5 heteroatoms. The molecule has 0 spiro atoms. The van der Waals surface area contributed by atoms with Crippen LogP contribution >= 0.6 is 0 Å². The maximum atomic E-state index is 11.8. The summed E-state index contributed by atoms with van der Waals surface area (Å²) in [4.78, 5) is 21.6. The lowest BCUT2D eigenvalue weighted by molar-refractivity contribution is -0.403. The number of carbonyl (C=O) groups is 1. The first-order valence-corrected chi connectivity index (χ1v) is 6.25. The highest BCUT2D eigenvalue weighted by Gasteiger charge is 2.30. The number of nitro groups is 1. The van der Waals surface area contributed by atoms with E-state index < -0.39 is 4.92 Å². The van der Waals surface area contributed by atoms with E-state index in [1.54, 1.807) is 6.92 Å². The summed E-state index contributed by atoms with van der Waals surface area (Å²) in [5.74, 6) is 0.457. The Morgan fingerprint density at radius 2 is 2.05 bits per heavy atom. The number of hydrogen-bond donors (Lipinski definition) is 1. The van der Waals surface area contributed by atoms with E-state index in [2.05, 4.69) is 5.32 Å². The summed E-state index contributed by atoms with van der Waals surface area (Å²) in [5.41, 5.74) is 2.25. The molecule has 5 nitrogen and oxygen atoms in total. The molecule has 1 N–H and O–H groups in total. The summed E-state index contributed by atoms with van der Waals surface area (Å²) in [6.07, 6.45) is 2.95. The predicted molar refractivity (Wildman–Crippen MR) is 71.1 cm³/mol. The Morgan fingerprint density at radius 1 is 1.42 bits per heavy atom. The highest BCUT2D eigenvalue weighted by Crippen LogP contribution is 2.32. The van der Waals surface area contributed by atoms with Gasteiger partial charge in [0.15, 0.2) is 5.78 Å². The maximum Gasteiger partial charge on any atom is 0.252 e. The molecule has 1 saturated carbocycles. The van der Waals surface area contributed by atoms with Gasteiger partial charge in [-0.1, -0.05) is 24.3 Å². The highest BCUT2D eigenvalue weighted by atomic mass is 16.6. The molecule has 0 radical (unpaired) electrons. The molecule has 0 heterocycles. The molecule has 0 unspecified atom stereocenters. The normalized spacial score (nSPS) is 15.1. The standard InChI is InChI=1S/C14H16N2O3/c1-10(9-16(18)19)15-8-11-2-4-12(5-3-11)14(17)13-6-7-13/h2-5,9,13,15H,6-8H2,1H3/b10-9-. The van der Waals surface area contributed by atoms with E-state index in [1.165, 1.54) is 0 Å². The van der Waals surface area contributed by atoms with Crippen LogP contribution in [0.5, 0.6) is 0 Å². The molecule has 19 heavy (non-hydrogen) atoms.